The van der Waals surface area contributed by atoms with Crippen LogP contribution in [0.15, 0.2) is 60.8 Å². The second kappa shape index (κ2) is 15.8. The predicted molar refractivity (Wildman–Crippen MR) is 219 cm³/mol. The number of aromatic nitrogens is 4. The number of imidazole rings is 2. The van der Waals surface area contributed by atoms with Crippen LogP contribution in [0.1, 0.15) is 83.5 Å². The zero-order valence-electron chi connectivity index (χ0n) is 33.9. The first-order valence-electron chi connectivity index (χ1n) is 20.3. The lowest BCUT2D eigenvalue weighted by molar-refractivity contribution is -0.139. The molecule has 14 nitrogen and oxygen atoms in total. The number of ether oxygens (including phenoxy) is 2. The number of benzene rings is 3. The highest BCUT2D eigenvalue weighted by atomic mass is 16.5. The van der Waals surface area contributed by atoms with Crippen LogP contribution in [-0.4, -0.2) is 92.6 Å². The summed E-state index contributed by atoms with van der Waals surface area (Å²) in [5.41, 5.74) is 5.77. The quantitative estimate of drug-likeness (QED) is 0.115. The molecular formula is C44H52N8O6. The molecule has 2 bridgehead atoms. The van der Waals surface area contributed by atoms with Gasteiger partial charge in [-0.05, 0) is 84.1 Å². The predicted octanol–water partition coefficient (Wildman–Crippen LogP) is 7.25. The number of methoxy groups -OCH3 is 2. The molecule has 4 amide bonds. The van der Waals surface area contributed by atoms with E-state index >= 15 is 0 Å². The molecule has 1 saturated carbocycles. The van der Waals surface area contributed by atoms with Crippen LogP contribution in [-0.2, 0) is 19.1 Å². The zero-order valence-corrected chi connectivity index (χ0v) is 33.9. The van der Waals surface area contributed by atoms with Gasteiger partial charge in [0.2, 0.25) is 11.8 Å². The van der Waals surface area contributed by atoms with Crippen molar-refractivity contribution in [3.05, 3.63) is 72.4 Å². The van der Waals surface area contributed by atoms with Gasteiger partial charge in [0.1, 0.15) is 23.7 Å². The minimum Gasteiger partial charge on any atom is -0.453 e. The minimum atomic E-state index is -0.690. The van der Waals surface area contributed by atoms with Crippen molar-refractivity contribution in [1.29, 1.82) is 0 Å². The Balaban J connectivity index is 1.00. The average molecular weight is 789 g/mol. The number of nitrogens with one attached hydrogen (secondary N) is 4. The Labute approximate surface area is 337 Å². The van der Waals surface area contributed by atoms with Crippen LogP contribution in [0.4, 0.5) is 9.59 Å². The highest BCUT2D eigenvalue weighted by molar-refractivity contribution is 6.05. The third-order valence-electron chi connectivity index (χ3n) is 12.4. The fourth-order valence-corrected chi connectivity index (χ4v) is 9.35. The minimum absolute atomic E-state index is 0.0925. The maximum absolute atomic E-state index is 14.1. The first-order valence-corrected chi connectivity index (χ1v) is 20.3. The molecule has 304 valence electrons. The number of H-pyrrole nitrogens is 2. The van der Waals surface area contributed by atoms with Crippen LogP contribution in [0, 0.1) is 17.8 Å². The van der Waals surface area contributed by atoms with E-state index in [1.807, 2.05) is 49.8 Å². The molecule has 6 atom stereocenters. The molecule has 1 aliphatic carbocycles. The van der Waals surface area contributed by atoms with Crippen molar-refractivity contribution in [3.63, 3.8) is 0 Å². The molecular weight excluding hydrogens is 737 g/mol. The largest absolute Gasteiger partial charge is 0.453 e. The maximum atomic E-state index is 14.1. The second-order valence-electron chi connectivity index (χ2n) is 16.6. The molecule has 1 unspecified atom stereocenters. The lowest BCUT2D eigenvalue weighted by Crippen LogP contribution is -2.54. The summed E-state index contributed by atoms with van der Waals surface area (Å²) in [6.45, 7) is 8.26. The van der Waals surface area contributed by atoms with Crippen molar-refractivity contribution in [2.45, 2.75) is 90.0 Å². The summed E-state index contributed by atoms with van der Waals surface area (Å²) in [6, 6.07) is 17.2. The third kappa shape index (κ3) is 7.13. The van der Waals surface area contributed by atoms with Gasteiger partial charge in [-0.15, -0.1) is 0 Å². The molecule has 2 saturated heterocycles. The van der Waals surface area contributed by atoms with Gasteiger partial charge < -0.3 is 39.9 Å². The van der Waals surface area contributed by atoms with Crippen LogP contribution < -0.4 is 10.6 Å². The van der Waals surface area contributed by atoms with Gasteiger partial charge in [0.15, 0.2) is 0 Å². The van der Waals surface area contributed by atoms with Gasteiger partial charge in [-0.25, -0.2) is 19.6 Å². The molecule has 2 aliphatic heterocycles. The first-order chi connectivity index (χ1) is 27.9. The summed E-state index contributed by atoms with van der Waals surface area (Å²) in [5.74, 6) is 1.37. The number of hydrogen-bond donors (Lipinski definition) is 4. The van der Waals surface area contributed by atoms with Crippen molar-refractivity contribution in [2.75, 3.05) is 20.8 Å². The van der Waals surface area contributed by atoms with E-state index in [4.69, 9.17) is 19.4 Å². The van der Waals surface area contributed by atoms with E-state index in [2.05, 4.69) is 69.1 Å². The van der Waals surface area contributed by atoms with Crippen molar-refractivity contribution in [1.82, 2.24) is 40.4 Å². The fourth-order valence-electron chi connectivity index (χ4n) is 9.35. The van der Waals surface area contributed by atoms with E-state index < -0.39 is 24.3 Å². The summed E-state index contributed by atoms with van der Waals surface area (Å²) in [6.07, 6.45) is 5.12. The van der Waals surface area contributed by atoms with Crippen molar-refractivity contribution in [2.24, 2.45) is 17.8 Å². The first kappa shape index (κ1) is 38.9. The number of fused-ring (bicyclic) bond motifs is 5. The zero-order chi connectivity index (χ0) is 40.8. The molecule has 5 aromatic rings. The lowest BCUT2D eigenvalue weighted by Gasteiger charge is -2.37. The van der Waals surface area contributed by atoms with Gasteiger partial charge in [0.05, 0.1) is 49.2 Å². The van der Waals surface area contributed by atoms with Gasteiger partial charge in [0, 0.05) is 18.0 Å². The Morgan fingerprint density at radius 3 is 2.14 bits per heavy atom. The SMILES string of the molecule is COC(=O)NC(C(=O)N1CCC[C@H]1c1ncc(-c2ccc(-c3ccc4c(ccc5nc([C@@H]6[C@H]7CC[C@H](C7)N6C(=O)[C@@H](NC(=O)OC)C(C)C)[nH]c54)c3)cc2)[nH]1)C(C)C. The standard InChI is InChI=1S/C44H52N8O6/c1-23(2)35(49-43(55)57-5)41(53)51-19-7-8-34(51)39-45-22-33(47-39)26-11-9-25(10-12-26)27-14-17-31-28(20-27)15-18-32-37(31)48-40(46-32)38-29-13-16-30(21-29)52(38)42(54)36(24(3)4)50-44(56)58-6/h9-12,14-15,17-18,20,22-24,29-30,34-36,38H,7-8,13,16,19,21H2,1-6H3,(H,45,47)(H,46,48)(H,49,55)(H,50,56)/t29-,30+,34-,35?,36-,38-/m0/s1. The van der Waals surface area contributed by atoms with Gasteiger partial charge in [0.25, 0.3) is 0 Å². The van der Waals surface area contributed by atoms with E-state index in [1.165, 1.54) is 14.2 Å². The number of amides is 4. The number of carbonyl (C=O) groups is 4. The number of hydrogen-bond acceptors (Lipinski definition) is 8. The Kier molecular flexibility index (Phi) is 10.6. The number of rotatable bonds is 10. The number of aromatic amines is 2. The molecule has 2 aromatic heterocycles. The fraction of sp³-hybridized carbons (Fsp3) is 0.455. The molecule has 8 rings (SSSR count). The van der Waals surface area contributed by atoms with Gasteiger partial charge in [-0.1, -0.05) is 70.2 Å². The third-order valence-corrected chi connectivity index (χ3v) is 12.4. The highest BCUT2D eigenvalue weighted by Crippen LogP contribution is 2.50. The Morgan fingerprint density at radius 2 is 1.45 bits per heavy atom. The van der Waals surface area contributed by atoms with Crippen LogP contribution in [0.25, 0.3) is 44.2 Å². The van der Waals surface area contributed by atoms with Crippen molar-refractivity contribution in [3.8, 4) is 22.4 Å². The van der Waals surface area contributed by atoms with Crippen molar-refractivity contribution >= 4 is 45.8 Å². The van der Waals surface area contributed by atoms with Crippen LogP contribution in [0.2, 0.25) is 0 Å². The number of alkyl carbamates (subject to hydrolysis) is 2. The van der Waals surface area contributed by atoms with Crippen LogP contribution in [0.3, 0.4) is 0 Å². The number of piperidine rings is 1. The highest BCUT2D eigenvalue weighted by Gasteiger charge is 2.51. The molecule has 3 aliphatic rings. The van der Waals surface area contributed by atoms with E-state index in [1.54, 1.807) is 0 Å². The summed E-state index contributed by atoms with van der Waals surface area (Å²) in [5, 5.41) is 7.60. The Bertz CT molecular complexity index is 2350. The average Bonchev–Trinajstić information content (AvgIpc) is 4.09. The molecule has 0 spiro atoms. The monoisotopic (exact) mass is 788 g/mol. The van der Waals surface area contributed by atoms with Gasteiger partial charge in [-0.3, -0.25) is 9.59 Å². The normalized spacial score (nSPS) is 21.2. The van der Waals surface area contributed by atoms with Crippen molar-refractivity contribution < 1.29 is 28.7 Å². The van der Waals surface area contributed by atoms with E-state index in [0.29, 0.717) is 12.5 Å². The van der Waals surface area contributed by atoms with E-state index in [-0.39, 0.29) is 41.8 Å². The smallest absolute Gasteiger partial charge is 0.407 e. The molecule has 0 radical (unpaired) electrons. The molecule has 58 heavy (non-hydrogen) atoms. The van der Waals surface area contributed by atoms with Gasteiger partial charge >= 0.3 is 12.2 Å². The lowest BCUT2D eigenvalue weighted by atomic mass is 9.95. The summed E-state index contributed by atoms with van der Waals surface area (Å²) in [7, 11) is 2.60. The summed E-state index contributed by atoms with van der Waals surface area (Å²) >= 11 is 0. The molecule has 3 fully saturated rings. The Hall–Kier alpha value is -5.92. The Morgan fingerprint density at radius 1 is 0.776 bits per heavy atom. The second-order valence-corrected chi connectivity index (χ2v) is 16.6. The number of carbonyl (C=O) groups excluding carboxylic acids is 4. The van der Waals surface area contributed by atoms with Crippen LogP contribution >= 0.6 is 0 Å². The van der Waals surface area contributed by atoms with Gasteiger partial charge in [-0.2, -0.15) is 0 Å². The number of likely N-dealkylation sites (tertiary alicyclic amines) is 2. The maximum Gasteiger partial charge on any atom is 0.407 e. The topological polar surface area (TPSA) is 175 Å². The van der Waals surface area contributed by atoms with E-state index in [0.717, 1.165) is 87.9 Å². The number of nitrogens with zero attached hydrogens (tertiary/aromatic N) is 4. The molecule has 4 heterocycles. The molecule has 14 heteroatoms. The summed E-state index contributed by atoms with van der Waals surface area (Å²) in [4.78, 5) is 72.4. The molecule has 4 N–H and O–H groups in total. The summed E-state index contributed by atoms with van der Waals surface area (Å²) < 4.78 is 9.61. The van der Waals surface area contributed by atoms with Crippen LogP contribution in [0.5, 0.6) is 0 Å². The van der Waals surface area contributed by atoms with E-state index in [9.17, 15) is 19.2 Å². The molecule has 3 aromatic carbocycles.